The Bertz CT molecular complexity index is 699. The highest BCUT2D eigenvalue weighted by Gasteiger charge is 2.63. The first-order valence-electron chi connectivity index (χ1n) is 12.3. The molecule has 1 N–H and O–H groups in total. The third kappa shape index (κ3) is 3.45. The van der Waals surface area contributed by atoms with E-state index in [4.69, 9.17) is 4.74 Å². The monoisotopic (exact) mass is 418 g/mol. The molecule has 4 fully saturated rings. The van der Waals surface area contributed by atoms with Crippen molar-refractivity contribution >= 4 is 11.8 Å². The van der Waals surface area contributed by atoms with Gasteiger partial charge in [-0.25, -0.2) is 0 Å². The number of Topliss-reactive ketones (excluding diaryl/α,β-unsaturated/α-hetero) is 1. The van der Waals surface area contributed by atoms with Gasteiger partial charge in [-0.05, 0) is 98.7 Å². The summed E-state index contributed by atoms with van der Waals surface area (Å²) in [7, 11) is 1.47. The standard InChI is InChI=1S/C26H42O4/c1-16(6-9-22(28)30-5)18-7-8-19-23-20(10-11-26(18,19)4)25(3)13-12-24(2,29)15-17(25)14-21(23)27/h16-20,23,29H,6-15H2,1-5H3/t16?,17-,18-,19+,20?,23+,24?,25?,26?/m1/s1. The van der Waals surface area contributed by atoms with Crippen LogP contribution in [0.3, 0.4) is 0 Å². The summed E-state index contributed by atoms with van der Waals surface area (Å²) in [5, 5.41) is 10.7. The SMILES string of the molecule is COC(=O)CCC(C)[C@H]1CC[C@H]2[C@@H]3C(=O)C[C@@H]4CC(C)(O)CCC4(C)C3CCC12C. The predicted molar refractivity (Wildman–Crippen MR) is 117 cm³/mol. The minimum absolute atomic E-state index is 0.111. The first kappa shape index (κ1) is 22.3. The second-order valence-electron chi connectivity index (χ2n) is 12.1. The Hall–Kier alpha value is -0.900. The number of carbonyl (C=O) groups is 2. The number of fused-ring (bicyclic) bond motifs is 5. The molecule has 0 aromatic heterocycles. The summed E-state index contributed by atoms with van der Waals surface area (Å²) in [5.41, 5.74) is -0.180. The van der Waals surface area contributed by atoms with Crippen LogP contribution in [-0.4, -0.2) is 29.6 Å². The molecule has 0 spiro atoms. The molecule has 30 heavy (non-hydrogen) atoms. The molecule has 0 radical (unpaired) electrons. The van der Waals surface area contributed by atoms with E-state index in [1.807, 2.05) is 6.92 Å². The molecule has 9 atom stereocenters. The Morgan fingerprint density at radius 3 is 2.50 bits per heavy atom. The summed E-state index contributed by atoms with van der Waals surface area (Å²) in [6.45, 7) is 9.15. The Morgan fingerprint density at radius 2 is 1.80 bits per heavy atom. The second kappa shape index (κ2) is 7.60. The predicted octanol–water partition coefficient (Wildman–Crippen LogP) is 5.16. The number of hydrogen-bond donors (Lipinski definition) is 1. The average Bonchev–Trinajstić information content (AvgIpc) is 3.04. The van der Waals surface area contributed by atoms with Gasteiger partial charge in [-0.1, -0.05) is 20.8 Å². The van der Waals surface area contributed by atoms with Crippen molar-refractivity contribution < 1.29 is 19.4 Å². The highest BCUT2D eigenvalue weighted by molar-refractivity contribution is 5.83. The maximum atomic E-state index is 13.5. The second-order valence-corrected chi connectivity index (χ2v) is 12.1. The lowest BCUT2D eigenvalue weighted by molar-refractivity contribution is -0.167. The van der Waals surface area contributed by atoms with Crippen LogP contribution in [0.2, 0.25) is 0 Å². The van der Waals surface area contributed by atoms with Crippen molar-refractivity contribution in [2.24, 2.45) is 46.3 Å². The quantitative estimate of drug-likeness (QED) is 0.640. The van der Waals surface area contributed by atoms with E-state index in [9.17, 15) is 14.7 Å². The Kier molecular flexibility index (Phi) is 5.65. The molecule has 5 unspecified atom stereocenters. The van der Waals surface area contributed by atoms with E-state index in [1.54, 1.807) is 0 Å². The fourth-order valence-corrected chi connectivity index (χ4v) is 8.73. The van der Waals surface area contributed by atoms with Gasteiger partial charge in [0, 0.05) is 18.8 Å². The molecule has 0 aromatic carbocycles. The van der Waals surface area contributed by atoms with E-state index in [2.05, 4.69) is 20.8 Å². The van der Waals surface area contributed by atoms with Crippen molar-refractivity contribution in [1.29, 1.82) is 0 Å². The maximum absolute atomic E-state index is 13.5. The van der Waals surface area contributed by atoms with Gasteiger partial charge in [-0.3, -0.25) is 9.59 Å². The molecule has 0 saturated heterocycles. The third-order valence-electron chi connectivity index (χ3n) is 10.5. The van der Waals surface area contributed by atoms with E-state index >= 15 is 0 Å². The van der Waals surface area contributed by atoms with E-state index in [1.165, 1.54) is 20.0 Å². The Morgan fingerprint density at radius 1 is 1.10 bits per heavy atom. The lowest BCUT2D eigenvalue weighted by atomic mass is 9.43. The smallest absolute Gasteiger partial charge is 0.305 e. The molecule has 0 heterocycles. The molecule has 4 aliphatic carbocycles. The molecule has 0 aliphatic heterocycles. The van der Waals surface area contributed by atoms with Crippen molar-refractivity contribution in [2.45, 2.75) is 97.5 Å². The lowest BCUT2D eigenvalue weighted by Crippen LogP contribution is -2.58. The normalized spacial score (nSPS) is 49.0. The molecule has 0 bridgehead atoms. The average molecular weight is 419 g/mol. The van der Waals surface area contributed by atoms with Crippen molar-refractivity contribution in [3.05, 3.63) is 0 Å². The van der Waals surface area contributed by atoms with Crippen LogP contribution in [0.15, 0.2) is 0 Å². The zero-order valence-corrected chi connectivity index (χ0v) is 19.7. The van der Waals surface area contributed by atoms with Crippen LogP contribution >= 0.6 is 0 Å². The first-order valence-corrected chi connectivity index (χ1v) is 12.3. The van der Waals surface area contributed by atoms with E-state index < -0.39 is 5.60 Å². The number of hydrogen-bond acceptors (Lipinski definition) is 4. The van der Waals surface area contributed by atoms with Crippen LogP contribution in [0.5, 0.6) is 0 Å². The van der Waals surface area contributed by atoms with Gasteiger partial charge in [0.1, 0.15) is 5.78 Å². The number of ketones is 1. The minimum atomic E-state index is -0.603. The van der Waals surface area contributed by atoms with E-state index in [0.717, 1.165) is 38.5 Å². The van der Waals surface area contributed by atoms with Gasteiger partial charge in [0.15, 0.2) is 0 Å². The number of aliphatic hydroxyl groups is 1. The number of ether oxygens (including phenoxy) is 1. The Balaban J connectivity index is 1.54. The largest absolute Gasteiger partial charge is 0.469 e. The van der Waals surface area contributed by atoms with Gasteiger partial charge in [0.2, 0.25) is 0 Å². The highest BCUT2D eigenvalue weighted by Crippen LogP contribution is 2.68. The lowest BCUT2D eigenvalue weighted by Gasteiger charge is -2.61. The van der Waals surface area contributed by atoms with Crippen LogP contribution in [0.25, 0.3) is 0 Å². The summed E-state index contributed by atoms with van der Waals surface area (Å²) >= 11 is 0. The van der Waals surface area contributed by atoms with E-state index in [0.29, 0.717) is 48.2 Å². The van der Waals surface area contributed by atoms with Crippen molar-refractivity contribution in [1.82, 2.24) is 0 Å². The minimum Gasteiger partial charge on any atom is -0.469 e. The summed E-state index contributed by atoms with van der Waals surface area (Å²) in [6.07, 6.45) is 9.47. The zero-order chi connectivity index (χ0) is 21.9. The zero-order valence-electron chi connectivity index (χ0n) is 19.7. The van der Waals surface area contributed by atoms with Crippen LogP contribution in [0, 0.1) is 46.3 Å². The van der Waals surface area contributed by atoms with Gasteiger partial charge >= 0.3 is 5.97 Å². The van der Waals surface area contributed by atoms with Crippen LogP contribution in [0.1, 0.15) is 91.9 Å². The maximum Gasteiger partial charge on any atom is 0.305 e. The van der Waals surface area contributed by atoms with Crippen LogP contribution in [0.4, 0.5) is 0 Å². The molecule has 4 nitrogen and oxygen atoms in total. The Labute approximate surface area is 182 Å². The fraction of sp³-hybridized carbons (Fsp3) is 0.923. The first-order chi connectivity index (χ1) is 14.0. The van der Waals surface area contributed by atoms with Gasteiger partial charge in [-0.15, -0.1) is 0 Å². The molecule has 4 rings (SSSR count). The molecular weight excluding hydrogens is 376 g/mol. The van der Waals surface area contributed by atoms with Crippen LogP contribution in [-0.2, 0) is 14.3 Å². The van der Waals surface area contributed by atoms with Gasteiger partial charge in [0.25, 0.3) is 0 Å². The van der Waals surface area contributed by atoms with Crippen LogP contribution < -0.4 is 0 Å². The van der Waals surface area contributed by atoms with Crippen molar-refractivity contribution in [2.75, 3.05) is 7.11 Å². The molecule has 4 heteroatoms. The molecule has 4 aliphatic rings. The fourth-order valence-electron chi connectivity index (χ4n) is 8.73. The molecule has 170 valence electrons. The number of rotatable bonds is 4. The summed E-state index contributed by atoms with van der Waals surface area (Å²) in [5.74, 6) is 3.00. The molecule has 0 aromatic rings. The molecule has 0 amide bonds. The number of esters is 1. The highest BCUT2D eigenvalue weighted by atomic mass is 16.5. The summed E-state index contributed by atoms with van der Waals surface area (Å²) in [6, 6.07) is 0. The third-order valence-corrected chi connectivity index (χ3v) is 10.5. The van der Waals surface area contributed by atoms with Gasteiger partial charge in [-0.2, -0.15) is 0 Å². The van der Waals surface area contributed by atoms with Gasteiger partial charge in [0.05, 0.1) is 12.7 Å². The number of methoxy groups -OCH3 is 1. The summed E-state index contributed by atoms with van der Waals surface area (Å²) < 4.78 is 4.85. The summed E-state index contributed by atoms with van der Waals surface area (Å²) in [4.78, 5) is 25.2. The van der Waals surface area contributed by atoms with Crippen molar-refractivity contribution in [3.63, 3.8) is 0 Å². The topological polar surface area (TPSA) is 63.6 Å². The van der Waals surface area contributed by atoms with Crippen molar-refractivity contribution in [3.8, 4) is 0 Å². The van der Waals surface area contributed by atoms with E-state index in [-0.39, 0.29) is 22.7 Å². The molecular formula is C26H42O4. The number of carbonyl (C=O) groups excluding carboxylic acids is 2. The molecule has 4 saturated carbocycles. The van der Waals surface area contributed by atoms with Gasteiger partial charge < -0.3 is 9.84 Å².